The lowest BCUT2D eigenvalue weighted by Gasteiger charge is -2.30. The number of thiazole rings is 1. The molecule has 1 aromatic heterocycles. The van der Waals surface area contributed by atoms with E-state index in [0.717, 1.165) is 37.1 Å². The van der Waals surface area contributed by atoms with Gasteiger partial charge in [-0.25, -0.2) is 4.98 Å². The van der Waals surface area contributed by atoms with E-state index in [4.69, 9.17) is 4.98 Å². The summed E-state index contributed by atoms with van der Waals surface area (Å²) in [6.07, 6.45) is 2.13. The Bertz CT molecular complexity index is 904. The number of carbonyl (C=O) groups is 1. The zero-order chi connectivity index (χ0) is 18.8. The van der Waals surface area contributed by atoms with Crippen LogP contribution >= 0.6 is 11.3 Å². The van der Waals surface area contributed by atoms with Gasteiger partial charge < -0.3 is 5.32 Å². The van der Waals surface area contributed by atoms with E-state index in [-0.39, 0.29) is 5.91 Å². The quantitative estimate of drug-likeness (QED) is 0.713. The van der Waals surface area contributed by atoms with Crippen LogP contribution in [-0.4, -0.2) is 35.4 Å². The standard InChI is InChI=1S/C22H25N3OS/c1-15-11-16(2)13-18(12-15)23-21(26)14-25-9-7-17(8-10-25)22-24-19-5-3-4-6-20(19)27-22/h3-6,11-13,17H,7-10,14H2,1-2H3,(H,23,26). The zero-order valence-electron chi connectivity index (χ0n) is 15.9. The van der Waals surface area contributed by atoms with Crippen LogP contribution in [0.15, 0.2) is 42.5 Å². The topological polar surface area (TPSA) is 45.2 Å². The molecule has 0 saturated carbocycles. The van der Waals surface area contributed by atoms with Gasteiger partial charge >= 0.3 is 0 Å². The van der Waals surface area contributed by atoms with Crippen LogP contribution in [0.25, 0.3) is 10.2 Å². The maximum atomic E-state index is 12.4. The first-order chi connectivity index (χ1) is 13.1. The number of carbonyl (C=O) groups excluding carboxylic acids is 1. The number of piperidine rings is 1. The van der Waals surface area contributed by atoms with Crippen LogP contribution in [-0.2, 0) is 4.79 Å². The minimum Gasteiger partial charge on any atom is -0.325 e. The van der Waals surface area contributed by atoms with Gasteiger partial charge in [0.15, 0.2) is 0 Å². The molecule has 4 rings (SSSR count). The summed E-state index contributed by atoms with van der Waals surface area (Å²) in [5.74, 6) is 0.583. The maximum absolute atomic E-state index is 12.4. The molecule has 140 valence electrons. The molecule has 27 heavy (non-hydrogen) atoms. The zero-order valence-corrected chi connectivity index (χ0v) is 16.7. The Hall–Kier alpha value is -2.24. The van der Waals surface area contributed by atoms with Crippen molar-refractivity contribution in [3.8, 4) is 0 Å². The highest BCUT2D eigenvalue weighted by Gasteiger charge is 2.24. The summed E-state index contributed by atoms with van der Waals surface area (Å²) >= 11 is 1.81. The van der Waals surface area contributed by atoms with Gasteiger partial charge in [-0.3, -0.25) is 9.69 Å². The molecule has 0 radical (unpaired) electrons. The van der Waals surface area contributed by atoms with Gasteiger partial charge in [0.2, 0.25) is 5.91 Å². The lowest BCUT2D eigenvalue weighted by atomic mass is 9.97. The molecule has 1 aliphatic heterocycles. The van der Waals surface area contributed by atoms with Crippen molar-refractivity contribution in [3.63, 3.8) is 0 Å². The highest BCUT2D eigenvalue weighted by molar-refractivity contribution is 7.18. The molecule has 4 nitrogen and oxygen atoms in total. The van der Waals surface area contributed by atoms with Crippen molar-refractivity contribution in [1.82, 2.24) is 9.88 Å². The fraction of sp³-hybridized carbons (Fsp3) is 0.364. The second-order valence-electron chi connectivity index (χ2n) is 7.49. The first-order valence-corrected chi connectivity index (χ1v) is 10.3. The van der Waals surface area contributed by atoms with Crippen LogP contribution < -0.4 is 5.32 Å². The number of benzene rings is 2. The molecular weight excluding hydrogens is 354 g/mol. The number of aromatic nitrogens is 1. The van der Waals surface area contributed by atoms with Gasteiger partial charge in [0.25, 0.3) is 0 Å². The third kappa shape index (κ3) is 4.37. The fourth-order valence-electron chi connectivity index (χ4n) is 3.85. The van der Waals surface area contributed by atoms with E-state index in [0.29, 0.717) is 12.5 Å². The number of aryl methyl sites for hydroxylation is 2. The van der Waals surface area contributed by atoms with Crippen LogP contribution in [0.2, 0.25) is 0 Å². The average molecular weight is 380 g/mol. The highest BCUT2D eigenvalue weighted by atomic mass is 32.1. The first-order valence-electron chi connectivity index (χ1n) is 9.53. The minimum atomic E-state index is 0.0680. The molecule has 1 amide bonds. The highest BCUT2D eigenvalue weighted by Crippen LogP contribution is 2.33. The van der Waals surface area contributed by atoms with Gasteiger partial charge in [-0.05, 0) is 75.2 Å². The molecule has 1 aliphatic rings. The predicted molar refractivity (Wildman–Crippen MR) is 113 cm³/mol. The van der Waals surface area contributed by atoms with Crippen molar-refractivity contribution in [2.45, 2.75) is 32.6 Å². The third-order valence-corrected chi connectivity index (χ3v) is 6.32. The number of anilines is 1. The van der Waals surface area contributed by atoms with E-state index < -0.39 is 0 Å². The number of rotatable bonds is 4. The molecule has 1 fully saturated rings. The Balaban J connectivity index is 1.31. The molecule has 2 aromatic carbocycles. The lowest BCUT2D eigenvalue weighted by Crippen LogP contribution is -2.38. The molecule has 0 aliphatic carbocycles. The number of fused-ring (bicyclic) bond motifs is 1. The minimum absolute atomic E-state index is 0.0680. The van der Waals surface area contributed by atoms with Gasteiger partial charge in [-0.15, -0.1) is 11.3 Å². The van der Waals surface area contributed by atoms with Crippen molar-refractivity contribution >= 4 is 33.1 Å². The summed E-state index contributed by atoms with van der Waals surface area (Å²) in [5.41, 5.74) is 4.33. The molecule has 0 bridgehead atoms. The summed E-state index contributed by atoms with van der Waals surface area (Å²) in [6, 6.07) is 14.5. The number of nitrogens with one attached hydrogen (secondary N) is 1. The number of amides is 1. The van der Waals surface area contributed by atoms with Gasteiger partial charge in [-0.2, -0.15) is 0 Å². The van der Waals surface area contributed by atoms with E-state index in [1.807, 2.05) is 29.5 Å². The predicted octanol–water partition coefficient (Wildman–Crippen LogP) is 4.73. The average Bonchev–Trinajstić information content (AvgIpc) is 3.05. The third-order valence-electron chi connectivity index (χ3n) is 5.12. The molecule has 1 saturated heterocycles. The van der Waals surface area contributed by atoms with Gasteiger partial charge in [0.05, 0.1) is 21.8 Å². The number of hydrogen-bond acceptors (Lipinski definition) is 4. The normalized spacial score (nSPS) is 15.9. The van der Waals surface area contributed by atoms with E-state index >= 15 is 0 Å². The molecule has 5 heteroatoms. The maximum Gasteiger partial charge on any atom is 0.238 e. The van der Waals surface area contributed by atoms with Crippen molar-refractivity contribution in [2.75, 3.05) is 25.0 Å². The van der Waals surface area contributed by atoms with Gasteiger partial charge in [-0.1, -0.05) is 18.2 Å². The summed E-state index contributed by atoms with van der Waals surface area (Å²) in [6.45, 7) is 6.45. The van der Waals surface area contributed by atoms with Gasteiger partial charge in [0.1, 0.15) is 0 Å². The van der Waals surface area contributed by atoms with Crippen LogP contribution in [0.3, 0.4) is 0 Å². The van der Waals surface area contributed by atoms with Gasteiger partial charge in [0, 0.05) is 11.6 Å². The Morgan fingerprint density at radius 3 is 2.56 bits per heavy atom. The molecule has 3 aromatic rings. The van der Waals surface area contributed by atoms with Crippen LogP contribution in [0.5, 0.6) is 0 Å². The monoisotopic (exact) mass is 379 g/mol. The Kier molecular flexibility index (Phi) is 5.23. The van der Waals surface area contributed by atoms with Crippen LogP contribution in [0.4, 0.5) is 5.69 Å². The molecule has 0 spiro atoms. The molecule has 2 heterocycles. The summed E-state index contributed by atoms with van der Waals surface area (Å²) in [7, 11) is 0. The number of nitrogens with zero attached hydrogens (tertiary/aromatic N) is 2. The molecule has 0 atom stereocenters. The van der Waals surface area contributed by atoms with Crippen molar-refractivity contribution < 1.29 is 4.79 Å². The summed E-state index contributed by atoms with van der Waals surface area (Å²) < 4.78 is 1.27. The smallest absolute Gasteiger partial charge is 0.238 e. The molecular formula is C22H25N3OS. The summed E-state index contributed by atoms with van der Waals surface area (Å²) in [5, 5.41) is 4.29. The van der Waals surface area contributed by atoms with Crippen LogP contribution in [0, 0.1) is 13.8 Å². The van der Waals surface area contributed by atoms with E-state index in [1.165, 1.54) is 20.8 Å². The molecule has 0 unspecified atom stereocenters. The largest absolute Gasteiger partial charge is 0.325 e. The van der Waals surface area contributed by atoms with Crippen molar-refractivity contribution in [3.05, 3.63) is 58.6 Å². The first kappa shape index (κ1) is 18.1. The van der Waals surface area contributed by atoms with Crippen molar-refractivity contribution in [1.29, 1.82) is 0 Å². The van der Waals surface area contributed by atoms with Crippen LogP contribution in [0.1, 0.15) is 34.9 Å². The van der Waals surface area contributed by atoms with E-state index in [1.54, 1.807) is 0 Å². The second kappa shape index (κ2) is 7.79. The van der Waals surface area contributed by atoms with E-state index in [2.05, 4.69) is 48.3 Å². The molecule has 1 N–H and O–H groups in total. The van der Waals surface area contributed by atoms with E-state index in [9.17, 15) is 4.79 Å². The Labute approximate surface area is 164 Å². The van der Waals surface area contributed by atoms with Crippen molar-refractivity contribution in [2.24, 2.45) is 0 Å². The number of likely N-dealkylation sites (tertiary alicyclic amines) is 1. The second-order valence-corrected chi connectivity index (χ2v) is 8.56. The Morgan fingerprint density at radius 2 is 1.85 bits per heavy atom. The number of hydrogen-bond donors (Lipinski definition) is 1. The fourth-order valence-corrected chi connectivity index (χ4v) is 4.99. The Morgan fingerprint density at radius 1 is 1.15 bits per heavy atom. The SMILES string of the molecule is Cc1cc(C)cc(NC(=O)CN2CCC(c3nc4ccccc4s3)CC2)c1. The number of para-hydroxylation sites is 1. The lowest BCUT2D eigenvalue weighted by molar-refractivity contribution is -0.117. The summed E-state index contributed by atoms with van der Waals surface area (Å²) in [4.78, 5) is 19.5.